The van der Waals surface area contributed by atoms with Gasteiger partial charge in [0, 0.05) is 26.2 Å². The lowest BCUT2D eigenvalue weighted by Gasteiger charge is -2.18. The standard InChI is InChI=1S/C17H19N3O2.2ClH/c1-11-14(4-5-15(19-11)16-3-2-6-22-16)17(21)20-9-12-7-18-8-13(12)10-20;;/h2-6,12-13,18H,7-10H2,1H3;2*1H/t12-,13+;;. The van der Waals surface area contributed by atoms with Gasteiger partial charge >= 0.3 is 0 Å². The van der Waals surface area contributed by atoms with Crippen molar-refractivity contribution in [2.45, 2.75) is 6.92 Å². The Kier molecular flexibility index (Phi) is 5.91. The molecule has 1 amide bonds. The summed E-state index contributed by atoms with van der Waals surface area (Å²) in [5, 5.41) is 3.40. The van der Waals surface area contributed by atoms with Crippen LogP contribution in [-0.4, -0.2) is 42.0 Å². The fraction of sp³-hybridized carbons (Fsp3) is 0.412. The smallest absolute Gasteiger partial charge is 0.255 e. The fourth-order valence-corrected chi connectivity index (χ4v) is 3.54. The Bertz CT molecular complexity index is 694. The van der Waals surface area contributed by atoms with E-state index in [2.05, 4.69) is 10.3 Å². The highest BCUT2D eigenvalue weighted by Gasteiger charge is 2.38. The lowest BCUT2D eigenvalue weighted by atomic mass is 10.0. The van der Waals surface area contributed by atoms with Gasteiger partial charge in [-0.05, 0) is 43.0 Å². The van der Waals surface area contributed by atoms with Gasteiger partial charge in [-0.15, -0.1) is 24.8 Å². The van der Waals surface area contributed by atoms with Gasteiger partial charge in [-0.1, -0.05) is 0 Å². The van der Waals surface area contributed by atoms with Crippen molar-refractivity contribution in [1.29, 1.82) is 0 Å². The molecule has 0 spiro atoms. The number of pyridine rings is 1. The molecule has 2 aromatic rings. The van der Waals surface area contributed by atoms with E-state index >= 15 is 0 Å². The van der Waals surface area contributed by atoms with Crippen LogP contribution in [0.1, 0.15) is 16.1 Å². The van der Waals surface area contributed by atoms with Crippen LogP contribution in [0.25, 0.3) is 11.5 Å². The molecule has 2 saturated heterocycles. The minimum Gasteiger partial charge on any atom is -0.463 e. The molecule has 4 rings (SSSR count). The molecule has 0 radical (unpaired) electrons. The minimum atomic E-state index is 0. The zero-order chi connectivity index (χ0) is 15.1. The quantitative estimate of drug-likeness (QED) is 0.883. The molecule has 2 atom stereocenters. The van der Waals surface area contributed by atoms with Crippen LogP contribution in [0.15, 0.2) is 34.9 Å². The fourth-order valence-electron chi connectivity index (χ4n) is 3.54. The second kappa shape index (κ2) is 7.55. The van der Waals surface area contributed by atoms with E-state index in [-0.39, 0.29) is 30.7 Å². The van der Waals surface area contributed by atoms with Crippen LogP contribution < -0.4 is 5.32 Å². The average Bonchev–Trinajstić information content (AvgIpc) is 3.22. The number of aromatic nitrogens is 1. The van der Waals surface area contributed by atoms with Gasteiger partial charge < -0.3 is 14.6 Å². The Balaban J connectivity index is 0.00000104. The van der Waals surface area contributed by atoms with Crippen molar-refractivity contribution in [2.24, 2.45) is 11.8 Å². The highest BCUT2D eigenvalue weighted by molar-refractivity contribution is 5.95. The van der Waals surface area contributed by atoms with Crippen molar-refractivity contribution in [3.63, 3.8) is 0 Å². The molecular weight excluding hydrogens is 349 g/mol. The number of rotatable bonds is 2. The Morgan fingerprint density at radius 1 is 1.21 bits per heavy atom. The van der Waals surface area contributed by atoms with E-state index in [1.807, 2.05) is 36.1 Å². The number of amides is 1. The van der Waals surface area contributed by atoms with Crippen LogP contribution in [0, 0.1) is 18.8 Å². The van der Waals surface area contributed by atoms with E-state index < -0.39 is 0 Å². The number of nitrogens with zero attached hydrogens (tertiary/aromatic N) is 2. The molecule has 2 aromatic heterocycles. The van der Waals surface area contributed by atoms with Crippen molar-refractivity contribution in [1.82, 2.24) is 15.2 Å². The first-order valence-corrected chi connectivity index (χ1v) is 7.74. The topological polar surface area (TPSA) is 58.4 Å². The first-order chi connectivity index (χ1) is 10.7. The molecule has 0 bridgehead atoms. The maximum atomic E-state index is 12.7. The number of nitrogens with one attached hydrogen (secondary N) is 1. The summed E-state index contributed by atoms with van der Waals surface area (Å²) < 4.78 is 5.36. The second-order valence-corrected chi connectivity index (χ2v) is 6.20. The van der Waals surface area contributed by atoms with E-state index in [9.17, 15) is 4.79 Å². The Morgan fingerprint density at radius 2 is 1.92 bits per heavy atom. The molecular formula is C17H21Cl2N3O2. The monoisotopic (exact) mass is 369 g/mol. The third kappa shape index (κ3) is 3.29. The third-order valence-corrected chi connectivity index (χ3v) is 4.77. The van der Waals surface area contributed by atoms with Gasteiger partial charge in [-0.25, -0.2) is 4.98 Å². The van der Waals surface area contributed by atoms with Gasteiger partial charge in [-0.3, -0.25) is 4.79 Å². The summed E-state index contributed by atoms with van der Waals surface area (Å²) in [6.07, 6.45) is 1.63. The Labute approximate surface area is 153 Å². The third-order valence-electron chi connectivity index (χ3n) is 4.77. The van der Waals surface area contributed by atoms with Crippen molar-refractivity contribution >= 4 is 30.7 Å². The highest BCUT2D eigenvalue weighted by Crippen LogP contribution is 2.28. The lowest BCUT2D eigenvalue weighted by Crippen LogP contribution is -2.32. The normalized spacial score (nSPS) is 21.8. The molecule has 130 valence electrons. The van der Waals surface area contributed by atoms with E-state index in [1.165, 1.54) is 0 Å². The summed E-state index contributed by atoms with van der Waals surface area (Å²) in [6.45, 7) is 5.66. The maximum Gasteiger partial charge on any atom is 0.255 e. The number of halogens is 2. The molecule has 0 saturated carbocycles. The average molecular weight is 370 g/mol. The zero-order valence-electron chi connectivity index (χ0n) is 13.4. The molecule has 7 heteroatoms. The van der Waals surface area contributed by atoms with Gasteiger partial charge in [0.25, 0.3) is 5.91 Å². The van der Waals surface area contributed by atoms with Gasteiger partial charge in [0.05, 0.1) is 17.5 Å². The molecule has 4 heterocycles. The molecule has 0 aliphatic carbocycles. The van der Waals surface area contributed by atoms with Gasteiger partial charge in [0.2, 0.25) is 0 Å². The highest BCUT2D eigenvalue weighted by atomic mass is 35.5. The zero-order valence-corrected chi connectivity index (χ0v) is 15.0. The van der Waals surface area contributed by atoms with Gasteiger partial charge in [0.15, 0.2) is 5.76 Å². The molecule has 24 heavy (non-hydrogen) atoms. The van der Waals surface area contributed by atoms with Crippen LogP contribution in [0.5, 0.6) is 0 Å². The summed E-state index contributed by atoms with van der Waals surface area (Å²) in [6, 6.07) is 7.44. The summed E-state index contributed by atoms with van der Waals surface area (Å²) in [4.78, 5) is 19.2. The number of carbonyl (C=O) groups excluding carboxylic acids is 1. The van der Waals surface area contributed by atoms with Gasteiger partial charge in [-0.2, -0.15) is 0 Å². The van der Waals surface area contributed by atoms with E-state index in [0.717, 1.165) is 43.3 Å². The predicted molar refractivity (Wildman–Crippen MR) is 96.9 cm³/mol. The minimum absolute atomic E-state index is 0. The molecule has 5 nitrogen and oxygen atoms in total. The van der Waals surface area contributed by atoms with E-state index in [1.54, 1.807) is 6.26 Å². The largest absolute Gasteiger partial charge is 0.463 e. The van der Waals surface area contributed by atoms with Crippen LogP contribution in [0.4, 0.5) is 0 Å². The number of hydrogen-bond donors (Lipinski definition) is 1. The maximum absolute atomic E-state index is 12.7. The van der Waals surface area contributed by atoms with Crippen LogP contribution in [0.3, 0.4) is 0 Å². The van der Waals surface area contributed by atoms with Crippen molar-refractivity contribution < 1.29 is 9.21 Å². The van der Waals surface area contributed by atoms with Crippen LogP contribution >= 0.6 is 24.8 Å². The van der Waals surface area contributed by atoms with Crippen molar-refractivity contribution in [3.8, 4) is 11.5 Å². The molecule has 0 aromatic carbocycles. The Hall–Kier alpha value is -1.56. The molecule has 2 fully saturated rings. The molecule has 1 N–H and O–H groups in total. The summed E-state index contributed by atoms with van der Waals surface area (Å²) in [7, 11) is 0. The number of hydrogen-bond acceptors (Lipinski definition) is 4. The summed E-state index contributed by atoms with van der Waals surface area (Å²) >= 11 is 0. The Morgan fingerprint density at radius 3 is 2.50 bits per heavy atom. The molecule has 2 aliphatic rings. The summed E-state index contributed by atoms with van der Waals surface area (Å²) in [5.41, 5.74) is 2.22. The number of carbonyl (C=O) groups is 1. The second-order valence-electron chi connectivity index (χ2n) is 6.20. The first kappa shape index (κ1) is 18.8. The first-order valence-electron chi connectivity index (χ1n) is 7.74. The van der Waals surface area contributed by atoms with Crippen LogP contribution in [0.2, 0.25) is 0 Å². The number of aryl methyl sites for hydroxylation is 1. The molecule has 0 unspecified atom stereocenters. The number of furan rings is 1. The number of fused-ring (bicyclic) bond motifs is 1. The SMILES string of the molecule is Cc1nc(-c2ccco2)ccc1C(=O)N1C[C@H]2CNC[C@H]2C1.Cl.Cl. The molecule has 2 aliphatic heterocycles. The predicted octanol–water partition coefficient (Wildman–Crippen LogP) is 2.79. The number of likely N-dealkylation sites (tertiary alicyclic amines) is 1. The van der Waals surface area contributed by atoms with Crippen molar-refractivity contribution in [2.75, 3.05) is 26.2 Å². The van der Waals surface area contributed by atoms with Gasteiger partial charge in [0.1, 0.15) is 5.69 Å². The van der Waals surface area contributed by atoms with Crippen molar-refractivity contribution in [3.05, 3.63) is 41.8 Å². The summed E-state index contributed by atoms with van der Waals surface area (Å²) in [5.74, 6) is 2.05. The van der Waals surface area contributed by atoms with E-state index in [4.69, 9.17) is 4.42 Å². The van der Waals surface area contributed by atoms with Crippen LogP contribution in [-0.2, 0) is 0 Å². The van der Waals surface area contributed by atoms with E-state index in [0.29, 0.717) is 17.4 Å². The lowest BCUT2D eigenvalue weighted by molar-refractivity contribution is 0.0780.